The molecule has 0 bridgehead atoms. The summed E-state index contributed by atoms with van der Waals surface area (Å²) in [6.07, 6.45) is -5.31. The molecular weight excluding hydrogens is 151 g/mol. The minimum absolute atomic E-state index is 0.272. The van der Waals surface area contributed by atoms with Crippen molar-refractivity contribution in [2.24, 2.45) is 5.73 Å². The molecule has 0 unspecified atom stereocenters. The van der Waals surface area contributed by atoms with Crippen molar-refractivity contribution in [1.82, 2.24) is 0 Å². The normalized spacial score (nSPS) is 14.0. The lowest BCUT2D eigenvalue weighted by atomic mass is 10.3. The van der Waals surface area contributed by atoms with Gasteiger partial charge in [0.15, 0.2) is 0 Å². The zero-order chi connectivity index (χ0) is 7.49. The molecule has 0 aliphatic carbocycles. The van der Waals surface area contributed by atoms with Gasteiger partial charge in [-0.3, -0.25) is 0 Å². The molecule has 0 saturated heterocycles. The van der Waals surface area contributed by atoms with Gasteiger partial charge in [0.25, 0.3) is 0 Å². The van der Waals surface area contributed by atoms with Crippen molar-refractivity contribution >= 4 is 12.6 Å². The van der Waals surface area contributed by atoms with E-state index in [1.54, 1.807) is 0 Å². The van der Waals surface area contributed by atoms with Gasteiger partial charge in [-0.1, -0.05) is 0 Å². The first-order valence-corrected chi connectivity index (χ1v) is 2.63. The molecule has 0 aliphatic heterocycles. The molecule has 9 heavy (non-hydrogen) atoms. The molecule has 0 aliphatic rings. The second-order valence-corrected chi connectivity index (χ2v) is 1.75. The van der Waals surface area contributed by atoms with Crippen molar-refractivity contribution in [3.05, 3.63) is 11.1 Å². The Labute approximate surface area is 56.1 Å². The largest absolute Gasteiger partial charge is 0.401 e. The number of thiol groups is 1. The van der Waals surface area contributed by atoms with Crippen molar-refractivity contribution in [2.45, 2.75) is 12.6 Å². The molecule has 0 aromatic carbocycles. The number of hydrogen-bond acceptors (Lipinski definition) is 2. The van der Waals surface area contributed by atoms with E-state index in [1.165, 1.54) is 0 Å². The van der Waals surface area contributed by atoms with Crippen LogP contribution < -0.4 is 5.73 Å². The van der Waals surface area contributed by atoms with Gasteiger partial charge < -0.3 is 5.73 Å². The van der Waals surface area contributed by atoms with Crippen LogP contribution in [0.5, 0.6) is 0 Å². The maximum atomic E-state index is 11.3. The topological polar surface area (TPSA) is 26.0 Å². The minimum atomic E-state index is -4.22. The lowest BCUT2D eigenvalue weighted by molar-refractivity contribution is -0.127. The highest BCUT2D eigenvalue weighted by molar-refractivity contribution is 7.83. The maximum Gasteiger partial charge on any atom is 0.394 e. The number of rotatable bonds is 1. The molecule has 0 fully saturated rings. The Hall–Kier alpha value is -0.320. The van der Waals surface area contributed by atoms with Crippen molar-refractivity contribution in [2.75, 3.05) is 0 Å². The van der Waals surface area contributed by atoms with Crippen LogP contribution in [0.2, 0.25) is 0 Å². The molecule has 0 aromatic heterocycles. The summed E-state index contributed by atoms with van der Waals surface area (Å²) in [4.78, 5) is 0. The van der Waals surface area contributed by atoms with Crippen LogP contribution in [0, 0.1) is 0 Å². The fourth-order valence-electron chi connectivity index (χ4n) is 0.277. The predicted molar refractivity (Wildman–Crippen MR) is 31.9 cm³/mol. The summed E-state index contributed by atoms with van der Waals surface area (Å²) >= 11 is 3.44. The smallest absolute Gasteiger partial charge is 0.394 e. The van der Waals surface area contributed by atoms with E-state index in [0.717, 1.165) is 5.41 Å². The van der Waals surface area contributed by atoms with Crippen LogP contribution in [0.1, 0.15) is 6.42 Å². The highest BCUT2D eigenvalue weighted by Crippen LogP contribution is 2.22. The lowest BCUT2D eigenvalue weighted by Crippen LogP contribution is -2.12. The molecule has 54 valence electrons. The van der Waals surface area contributed by atoms with Crippen molar-refractivity contribution < 1.29 is 13.2 Å². The van der Waals surface area contributed by atoms with E-state index in [2.05, 4.69) is 12.6 Å². The van der Waals surface area contributed by atoms with E-state index in [0.29, 0.717) is 0 Å². The van der Waals surface area contributed by atoms with Crippen LogP contribution >= 0.6 is 12.6 Å². The molecule has 0 rings (SSSR count). The summed E-state index contributed by atoms with van der Waals surface area (Å²) in [5.74, 6) is 0. The SMILES string of the molecule is N/C(=C\S)CC(F)(F)F. The van der Waals surface area contributed by atoms with E-state index < -0.39 is 12.6 Å². The first-order valence-electron chi connectivity index (χ1n) is 2.11. The van der Waals surface area contributed by atoms with Crippen LogP contribution in [-0.4, -0.2) is 6.18 Å². The molecule has 0 spiro atoms. The average Bonchev–Trinajstić information content (AvgIpc) is 1.62. The highest BCUT2D eigenvalue weighted by atomic mass is 32.1. The average molecular weight is 157 g/mol. The van der Waals surface area contributed by atoms with E-state index >= 15 is 0 Å². The van der Waals surface area contributed by atoms with Gasteiger partial charge in [-0.05, 0) is 5.41 Å². The maximum absolute atomic E-state index is 11.3. The van der Waals surface area contributed by atoms with E-state index in [4.69, 9.17) is 5.73 Å². The van der Waals surface area contributed by atoms with Crippen LogP contribution in [-0.2, 0) is 0 Å². The Balaban J connectivity index is 3.75. The van der Waals surface area contributed by atoms with Crippen molar-refractivity contribution in [3.8, 4) is 0 Å². The fraction of sp³-hybridized carbons (Fsp3) is 0.500. The molecule has 5 heteroatoms. The number of alkyl halides is 3. The molecule has 2 N–H and O–H groups in total. The first kappa shape index (κ1) is 8.68. The van der Waals surface area contributed by atoms with Crippen molar-refractivity contribution in [1.29, 1.82) is 0 Å². The van der Waals surface area contributed by atoms with E-state index in [1.807, 2.05) is 0 Å². The summed E-state index contributed by atoms with van der Waals surface area (Å²) < 4.78 is 34.0. The van der Waals surface area contributed by atoms with Gasteiger partial charge >= 0.3 is 6.18 Å². The van der Waals surface area contributed by atoms with Crippen LogP contribution in [0.15, 0.2) is 11.1 Å². The molecule has 0 aromatic rings. The standard InChI is InChI=1S/C4H6F3NS/c5-4(6,7)1-3(8)2-9/h2,9H,1,8H2/b3-2-. The molecule has 0 saturated carbocycles. The van der Waals surface area contributed by atoms with E-state index in [-0.39, 0.29) is 5.70 Å². The molecule has 0 atom stereocenters. The van der Waals surface area contributed by atoms with Gasteiger partial charge in [-0.25, -0.2) is 0 Å². The monoisotopic (exact) mass is 157 g/mol. The second-order valence-electron chi connectivity index (χ2n) is 1.50. The Morgan fingerprint density at radius 1 is 1.56 bits per heavy atom. The first-order chi connectivity index (χ1) is 3.95. The molecule has 1 nitrogen and oxygen atoms in total. The number of hydrogen-bond donors (Lipinski definition) is 2. The Bertz CT molecular complexity index is 117. The molecule has 0 amide bonds. The lowest BCUT2D eigenvalue weighted by Gasteiger charge is -2.03. The summed E-state index contributed by atoms with van der Waals surface area (Å²) in [5, 5.41) is 0.938. The summed E-state index contributed by atoms with van der Waals surface area (Å²) in [7, 11) is 0. The van der Waals surface area contributed by atoms with Crippen LogP contribution in [0.3, 0.4) is 0 Å². The Morgan fingerprint density at radius 2 is 2.00 bits per heavy atom. The summed E-state index contributed by atoms with van der Waals surface area (Å²) in [6.45, 7) is 0. The molecule has 0 radical (unpaired) electrons. The third kappa shape index (κ3) is 5.55. The highest BCUT2D eigenvalue weighted by Gasteiger charge is 2.27. The van der Waals surface area contributed by atoms with Crippen molar-refractivity contribution in [3.63, 3.8) is 0 Å². The summed E-state index contributed by atoms with van der Waals surface area (Å²) in [6, 6.07) is 0. The van der Waals surface area contributed by atoms with Gasteiger partial charge in [0.05, 0.1) is 6.42 Å². The van der Waals surface area contributed by atoms with Crippen LogP contribution in [0.4, 0.5) is 13.2 Å². The van der Waals surface area contributed by atoms with Gasteiger partial charge in [0.1, 0.15) is 0 Å². The third-order valence-corrected chi connectivity index (χ3v) is 0.902. The number of halogens is 3. The number of nitrogens with two attached hydrogens (primary N) is 1. The van der Waals surface area contributed by atoms with E-state index in [9.17, 15) is 13.2 Å². The Morgan fingerprint density at radius 3 is 2.11 bits per heavy atom. The minimum Gasteiger partial charge on any atom is -0.401 e. The quantitative estimate of drug-likeness (QED) is 0.556. The zero-order valence-electron chi connectivity index (χ0n) is 4.44. The predicted octanol–water partition coefficient (Wildman–Crippen LogP) is 1.67. The number of allylic oxidation sites excluding steroid dienone is 1. The second kappa shape index (κ2) is 3.00. The zero-order valence-corrected chi connectivity index (χ0v) is 5.34. The molecular formula is C4H6F3NS. The fourth-order valence-corrected chi connectivity index (χ4v) is 0.368. The third-order valence-electron chi connectivity index (χ3n) is 0.570. The van der Waals surface area contributed by atoms with Gasteiger partial charge in [-0.2, -0.15) is 13.2 Å². The van der Waals surface area contributed by atoms with Gasteiger partial charge in [0, 0.05) is 5.70 Å². The van der Waals surface area contributed by atoms with Gasteiger partial charge in [-0.15, -0.1) is 12.6 Å². The molecule has 0 heterocycles. The summed E-state index contributed by atoms with van der Waals surface area (Å²) in [5.41, 5.74) is 4.55. The Kier molecular flexibility index (Phi) is 2.90. The van der Waals surface area contributed by atoms with Crippen LogP contribution in [0.25, 0.3) is 0 Å². The van der Waals surface area contributed by atoms with Gasteiger partial charge in [0.2, 0.25) is 0 Å².